The van der Waals surface area contributed by atoms with E-state index in [0.29, 0.717) is 11.6 Å². The van der Waals surface area contributed by atoms with Gasteiger partial charge >= 0.3 is 0 Å². The Labute approximate surface area is 100 Å². The Hall–Kier alpha value is -1.81. The summed E-state index contributed by atoms with van der Waals surface area (Å²) in [6.07, 6.45) is 1.57. The highest BCUT2D eigenvalue weighted by molar-refractivity contribution is 7.93. The molecule has 1 aromatic rings. The number of hydrogen-bond acceptors (Lipinski definition) is 5. The Morgan fingerprint density at radius 3 is 2.71 bits per heavy atom. The molecule has 0 fully saturated rings. The molecule has 1 N–H and O–H groups in total. The first-order valence-corrected chi connectivity index (χ1v) is 6.49. The fourth-order valence-electron chi connectivity index (χ4n) is 1.18. The Morgan fingerprint density at radius 1 is 1.59 bits per heavy atom. The third-order valence-electron chi connectivity index (χ3n) is 2.09. The van der Waals surface area contributed by atoms with Crippen molar-refractivity contribution in [2.24, 2.45) is 0 Å². The number of nitrogens with zero attached hydrogens (tertiary/aromatic N) is 2. The molecule has 0 saturated heterocycles. The van der Waals surface area contributed by atoms with E-state index < -0.39 is 15.3 Å². The van der Waals surface area contributed by atoms with Crippen molar-refractivity contribution in [2.45, 2.75) is 18.6 Å². The third kappa shape index (κ3) is 3.32. The summed E-state index contributed by atoms with van der Waals surface area (Å²) in [7, 11) is -2.22. The monoisotopic (exact) mass is 255 g/mol. The zero-order valence-corrected chi connectivity index (χ0v) is 10.4. The molecular weight excluding hydrogens is 242 g/mol. The normalized spacial score (nSPS) is 12.5. The first-order chi connectivity index (χ1) is 8.03. The lowest BCUT2D eigenvalue weighted by molar-refractivity contribution is 0.398. The van der Waals surface area contributed by atoms with Gasteiger partial charge < -0.3 is 4.74 Å². The third-order valence-corrected chi connectivity index (χ3v) is 3.80. The Balaban J connectivity index is 2.87. The van der Waals surface area contributed by atoms with Crippen molar-refractivity contribution in [3.05, 3.63) is 18.3 Å². The fraction of sp³-hybridized carbons (Fsp3) is 0.400. The van der Waals surface area contributed by atoms with E-state index in [-0.39, 0.29) is 6.42 Å². The van der Waals surface area contributed by atoms with Gasteiger partial charge in [0.1, 0.15) is 0 Å². The zero-order valence-electron chi connectivity index (χ0n) is 9.54. The van der Waals surface area contributed by atoms with Gasteiger partial charge in [0, 0.05) is 6.07 Å². The van der Waals surface area contributed by atoms with Crippen LogP contribution < -0.4 is 9.46 Å². The van der Waals surface area contributed by atoms with E-state index in [1.165, 1.54) is 25.4 Å². The second kappa shape index (κ2) is 5.50. The van der Waals surface area contributed by atoms with Crippen molar-refractivity contribution < 1.29 is 13.2 Å². The predicted octanol–water partition coefficient (Wildman–Crippen LogP) is 1.13. The summed E-state index contributed by atoms with van der Waals surface area (Å²) in [6, 6.07) is 4.79. The maximum atomic E-state index is 11.7. The van der Waals surface area contributed by atoms with Gasteiger partial charge in [-0.2, -0.15) is 5.26 Å². The van der Waals surface area contributed by atoms with Crippen LogP contribution in [-0.4, -0.2) is 25.8 Å². The van der Waals surface area contributed by atoms with Crippen molar-refractivity contribution in [3.8, 4) is 11.9 Å². The summed E-state index contributed by atoms with van der Waals surface area (Å²) in [4.78, 5) is 3.86. The first-order valence-electron chi connectivity index (χ1n) is 4.94. The second-order valence-electron chi connectivity index (χ2n) is 3.26. The van der Waals surface area contributed by atoms with E-state index in [0.717, 1.165) is 0 Å². The minimum absolute atomic E-state index is 0.232. The van der Waals surface area contributed by atoms with Gasteiger partial charge in [-0.3, -0.25) is 4.72 Å². The lowest BCUT2D eigenvalue weighted by Crippen LogP contribution is -2.25. The Morgan fingerprint density at radius 2 is 2.29 bits per heavy atom. The molecule has 92 valence electrons. The maximum Gasteiger partial charge on any atom is 0.249 e. The quantitative estimate of drug-likeness (QED) is 0.851. The lowest BCUT2D eigenvalue weighted by Gasteiger charge is -2.10. The number of hydrogen-bond donors (Lipinski definition) is 1. The van der Waals surface area contributed by atoms with Gasteiger partial charge in [-0.15, -0.1) is 0 Å². The maximum absolute atomic E-state index is 11.7. The Kier molecular flexibility index (Phi) is 4.29. The number of sulfonamides is 1. The average Bonchev–Trinajstić information content (AvgIpc) is 2.30. The number of ether oxygens (including phenoxy) is 1. The molecule has 1 atom stereocenters. The SMILES string of the molecule is CCC(C#N)S(=O)(=O)Nc1ccc(OC)nc1. The van der Waals surface area contributed by atoms with Crippen LogP contribution in [0.2, 0.25) is 0 Å². The molecule has 0 radical (unpaired) electrons. The molecule has 6 nitrogen and oxygen atoms in total. The van der Waals surface area contributed by atoms with Crippen molar-refractivity contribution in [3.63, 3.8) is 0 Å². The molecule has 1 rings (SSSR count). The number of nitrogens with one attached hydrogen (secondary N) is 1. The molecule has 0 spiro atoms. The molecule has 0 saturated carbocycles. The number of rotatable bonds is 5. The number of aromatic nitrogens is 1. The van der Waals surface area contributed by atoms with Gasteiger partial charge in [0.25, 0.3) is 0 Å². The average molecular weight is 255 g/mol. The molecule has 1 unspecified atom stereocenters. The highest BCUT2D eigenvalue weighted by atomic mass is 32.2. The van der Waals surface area contributed by atoms with Gasteiger partial charge in [0.15, 0.2) is 5.25 Å². The topological polar surface area (TPSA) is 92.1 Å². The first kappa shape index (κ1) is 13.3. The smallest absolute Gasteiger partial charge is 0.249 e. The Bertz CT molecular complexity index is 505. The molecule has 0 amide bonds. The minimum Gasteiger partial charge on any atom is -0.481 e. The van der Waals surface area contributed by atoms with E-state index in [4.69, 9.17) is 10.00 Å². The van der Waals surface area contributed by atoms with Gasteiger partial charge in [-0.05, 0) is 12.5 Å². The molecule has 0 aliphatic carbocycles. The van der Waals surface area contributed by atoms with Crippen LogP contribution in [0.25, 0.3) is 0 Å². The van der Waals surface area contributed by atoms with Crippen LogP contribution in [0, 0.1) is 11.3 Å². The number of nitriles is 1. The van der Waals surface area contributed by atoms with E-state index in [1.807, 2.05) is 0 Å². The van der Waals surface area contributed by atoms with E-state index in [2.05, 4.69) is 9.71 Å². The van der Waals surface area contributed by atoms with Crippen LogP contribution in [0.1, 0.15) is 13.3 Å². The molecule has 0 bridgehead atoms. The molecule has 0 aromatic carbocycles. The summed E-state index contributed by atoms with van der Waals surface area (Å²) in [5, 5.41) is 7.65. The van der Waals surface area contributed by atoms with E-state index in [1.54, 1.807) is 13.0 Å². The van der Waals surface area contributed by atoms with Crippen molar-refractivity contribution in [2.75, 3.05) is 11.8 Å². The molecule has 0 aliphatic heterocycles. The summed E-state index contributed by atoms with van der Waals surface area (Å²) in [5.74, 6) is 0.389. The van der Waals surface area contributed by atoms with E-state index in [9.17, 15) is 8.42 Å². The largest absolute Gasteiger partial charge is 0.481 e. The summed E-state index contributed by atoms with van der Waals surface area (Å²) < 4.78 is 30.6. The molecule has 7 heteroatoms. The summed E-state index contributed by atoms with van der Waals surface area (Å²) in [6.45, 7) is 1.64. The van der Waals surface area contributed by atoms with Gasteiger partial charge in [0.05, 0.1) is 25.1 Å². The molecule has 17 heavy (non-hydrogen) atoms. The highest BCUT2D eigenvalue weighted by Crippen LogP contribution is 2.15. The standard InChI is InChI=1S/C10H13N3O3S/c1-3-9(6-11)17(14,15)13-8-4-5-10(16-2)12-7-8/h4-5,7,9,13H,3H2,1-2H3. The number of anilines is 1. The molecule has 0 aliphatic rings. The molecule has 1 heterocycles. The second-order valence-corrected chi connectivity index (χ2v) is 5.13. The number of methoxy groups -OCH3 is 1. The van der Waals surface area contributed by atoms with Gasteiger partial charge in [-0.25, -0.2) is 13.4 Å². The van der Waals surface area contributed by atoms with Crippen LogP contribution in [0.5, 0.6) is 5.88 Å². The van der Waals surface area contributed by atoms with E-state index >= 15 is 0 Å². The van der Waals surface area contributed by atoms with Crippen molar-refractivity contribution in [1.82, 2.24) is 4.98 Å². The van der Waals surface area contributed by atoms with Crippen molar-refractivity contribution >= 4 is 15.7 Å². The van der Waals surface area contributed by atoms with Crippen LogP contribution in [0.3, 0.4) is 0 Å². The van der Waals surface area contributed by atoms with Gasteiger partial charge in [0.2, 0.25) is 15.9 Å². The predicted molar refractivity (Wildman–Crippen MR) is 63.0 cm³/mol. The summed E-state index contributed by atoms with van der Waals surface area (Å²) >= 11 is 0. The number of pyridine rings is 1. The molecular formula is C10H13N3O3S. The van der Waals surface area contributed by atoms with Crippen LogP contribution in [0.15, 0.2) is 18.3 Å². The minimum atomic E-state index is -3.69. The fourth-order valence-corrected chi connectivity index (χ4v) is 2.35. The lowest BCUT2D eigenvalue weighted by atomic mass is 10.4. The van der Waals surface area contributed by atoms with Crippen LogP contribution in [-0.2, 0) is 10.0 Å². The summed E-state index contributed by atoms with van der Waals surface area (Å²) in [5.41, 5.74) is 0.305. The van der Waals surface area contributed by atoms with Crippen LogP contribution in [0.4, 0.5) is 5.69 Å². The zero-order chi connectivity index (χ0) is 12.9. The van der Waals surface area contributed by atoms with Crippen molar-refractivity contribution in [1.29, 1.82) is 5.26 Å². The van der Waals surface area contributed by atoms with Gasteiger partial charge in [-0.1, -0.05) is 6.92 Å². The molecule has 1 aromatic heterocycles. The van der Waals surface area contributed by atoms with Crippen LogP contribution >= 0.6 is 0 Å². The highest BCUT2D eigenvalue weighted by Gasteiger charge is 2.23.